The molecule has 6 heteroatoms. The molecule has 0 aliphatic heterocycles. The number of carbonyl (C=O) groups excluding carboxylic acids is 1. The Labute approximate surface area is 117 Å². The molecule has 0 saturated heterocycles. The normalized spacial score (nSPS) is 9.60. The zero-order valence-corrected chi connectivity index (χ0v) is 11.3. The minimum absolute atomic E-state index is 0.0877. The molecule has 0 bridgehead atoms. The first kappa shape index (κ1) is 15.5. The molecule has 0 saturated carbocycles. The van der Waals surface area contributed by atoms with E-state index in [9.17, 15) is 9.59 Å². The SMILES string of the molecule is CCN(CCC#N)C(=O)Nc1cccc(CC(=O)O)c1. The Bertz CT molecular complexity index is 523. The van der Waals surface area contributed by atoms with Gasteiger partial charge in [-0.15, -0.1) is 0 Å². The van der Waals surface area contributed by atoms with Gasteiger partial charge < -0.3 is 15.3 Å². The molecule has 0 aromatic heterocycles. The van der Waals surface area contributed by atoms with E-state index in [2.05, 4.69) is 5.32 Å². The van der Waals surface area contributed by atoms with E-state index in [1.54, 1.807) is 24.3 Å². The Morgan fingerprint density at radius 2 is 2.20 bits per heavy atom. The molecule has 2 N–H and O–H groups in total. The largest absolute Gasteiger partial charge is 0.481 e. The maximum Gasteiger partial charge on any atom is 0.321 e. The summed E-state index contributed by atoms with van der Waals surface area (Å²) in [5.74, 6) is -0.919. The second-order valence-electron chi connectivity index (χ2n) is 4.19. The summed E-state index contributed by atoms with van der Waals surface area (Å²) >= 11 is 0. The molecule has 0 aliphatic rings. The molecule has 20 heavy (non-hydrogen) atoms. The molecule has 0 aliphatic carbocycles. The number of nitriles is 1. The summed E-state index contributed by atoms with van der Waals surface area (Å²) in [4.78, 5) is 24.1. The van der Waals surface area contributed by atoms with Crippen LogP contribution in [0, 0.1) is 11.3 Å². The molecule has 0 heterocycles. The minimum Gasteiger partial charge on any atom is -0.481 e. The molecule has 1 aromatic carbocycles. The van der Waals surface area contributed by atoms with Gasteiger partial charge in [-0.2, -0.15) is 5.26 Å². The Morgan fingerprint density at radius 3 is 2.80 bits per heavy atom. The zero-order chi connectivity index (χ0) is 15.0. The van der Waals surface area contributed by atoms with Crippen LogP contribution in [0.4, 0.5) is 10.5 Å². The van der Waals surface area contributed by atoms with E-state index in [1.165, 1.54) is 4.90 Å². The lowest BCUT2D eigenvalue weighted by Gasteiger charge is -2.20. The van der Waals surface area contributed by atoms with Crippen molar-refractivity contribution in [1.29, 1.82) is 5.26 Å². The van der Waals surface area contributed by atoms with Gasteiger partial charge in [0, 0.05) is 18.8 Å². The Morgan fingerprint density at radius 1 is 1.45 bits per heavy atom. The van der Waals surface area contributed by atoms with Gasteiger partial charge in [-0.05, 0) is 24.6 Å². The standard InChI is InChI=1S/C14H17N3O3/c1-2-17(8-4-7-15)14(20)16-12-6-3-5-11(9-12)10-13(18)19/h3,5-6,9H,2,4,8,10H2,1H3,(H,16,20)(H,18,19). The van der Waals surface area contributed by atoms with Gasteiger partial charge in [0.05, 0.1) is 18.9 Å². The van der Waals surface area contributed by atoms with Crippen LogP contribution in [-0.4, -0.2) is 35.1 Å². The van der Waals surface area contributed by atoms with Crippen LogP contribution in [0.25, 0.3) is 0 Å². The van der Waals surface area contributed by atoms with Gasteiger partial charge in [0.2, 0.25) is 0 Å². The van der Waals surface area contributed by atoms with Crippen LogP contribution in [0.15, 0.2) is 24.3 Å². The third-order valence-corrected chi connectivity index (χ3v) is 2.70. The molecular formula is C14H17N3O3. The van der Waals surface area contributed by atoms with Crippen molar-refractivity contribution in [2.45, 2.75) is 19.8 Å². The summed E-state index contributed by atoms with van der Waals surface area (Å²) < 4.78 is 0. The smallest absolute Gasteiger partial charge is 0.321 e. The first-order valence-electron chi connectivity index (χ1n) is 6.30. The predicted octanol–water partition coefficient (Wildman–Crippen LogP) is 2.08. The maximum absolute atomic E-state index is 12.0. The van der Waals surface area contributed by atoms with Crippen molar-refractivity contribution in [3.63, 3.8) is 0 Å². The fourth-order valence-electron chi connectivity index (χ4n) is 1.72. The van der Waals surface area contributed by atoms with Crippen molar-refractivity contribution in [2.24, 2.45) is 0 Å². The summed E-state index contributed by atoms with van der Waals surface area (Å²) in [6, 6.07) is 8.41. The minimum atomic E-state index is -0.919. The lowest BCUT2D eigenvalue weighted by atomic mass is 10.1. The summed E-state index contributed by atoms with van der Waals surface area (Å²) in [5, 5.41) is 20.0. The highest BCUT2D eigenvalue weighted by Crippen LogP contribution is 2.12. The van der Waals surface area contributed by atoms with Gasteiger partial charge >= 0.3 is 12.0 Å². The second-order valence-corrected chi connectivity index (χ2v) is 4.19. The molecule has 0 radical (unpaired) electrons. The second kappa shape index (κ2) is 7.79. The first-order chi connectivity index (χ1) is 9.56. The van der Waals surface area contributed by atoms with Crippen LogP contribution in [0.5, 0.6) is 0 Å². The zero-order valence-electron chi connectivity index (χ0n) is 11.3. The van der Waals surface area contributed by atoms with E-state index in [-0.39, 0.29) is 18.9 Å². The quantitative estimate of drug-likeness (QED) is 0.831. The molecule has 6 nitrogen and oxygen atoms in total. The number of nitrogens with one attached hydrogen (secondary N) is 1. The number of benzene rings is 1. The van der Waals surface area contributed by atoms with E-state index in [4.69, 9.17) is 10.4 Å². The van der Waals surface area contributed by atoms with Crippen molar-refractivity contribution >= 4 is 17.7 Å². The summed E-state index contributed by atoms with van der Waals surface area (Å²) in [6.45, 7) is 2.70. The van der Waals surface area contributed by atoms with Crippen molar-refractivity contribution < 1.29 is 14.7 Å². The third-order valence-electron chi connectivity index (χ3n) is 2.70. The Hall–Kier alpha value is -2.55. The number of amides is 2. The maximum atomic E-state index is 12.0. The van der Waals surface area contributed by atoms with Gasteiger partial charge in [-0.1, -0.05) is 12.1 Å². The fourth-order valence-corrected chi connectivity index (χ4v) is 1.72. The monoisotopic (exact) mass is 275 g/mol. The average Bonchev–Trinajstić information content (AvgIpc) is 2.39. The number of nitrogens with zero attached hydrogens (tertiary/aromatic N) is 2. The molecule has 0 unspecified atom stereocenters. The van der Waals surface area contributed by atoms with Gasteiger partial charge in [-0.3, -0.25) is 4.79 Å². The number of rotatable bonds is 6. The number of carbonyl (C=O) groups is 2. The van der Waals surface area contributed by atoms with Gasteiger partial charge in [0.1, 0.15) is 0 Å². The van der Waals surface area contributed by atoms with Crippen LogP contribution in [-0.2, 0) is 11.2 Å². The van der Waals surface area contributed by atoms with E-state index in [1.807, 2.05) is 13.0 Å². The number of carboxylic acids is 1. The van der Waals surface area contributed by atoms with Gasteiger partial charge in [0.15, 0.2) is 0 Å². The van der Waals surface area contributed by atoms with Crippen molar-refractivity contribution in [3.05, 3.63) is 29.8 Å². The molecular weight excluding hydrogens is 258 g/mol. The highest BCUT2D eigenvalue weighted by Gasteiger charge is 2.11. The topological polar surface area (TPSA) is 93.4 Å². The number of urea groups is 1. The van der Waals surface area contributed by atoms with Crippen LogP contribution in [0.3, 0.4) is 0 Å². The number of hydrogen-bond acceptors (Lipinski definition) is 3. The van der Waals surface area contributed by atoms with E-state index in [0.29, 0.717) is 24.3 Å². The predicted molar refractivity (Wildman–Crippen MR) is 74.3 cm³/mol. The van der Waals surface area contributed by atoms with Crippen molar-refractivity contribution in [2.75, 3.05) is 18.4 Å². The summed E-state index contributed by atoms with van der Waals surface area (Å²) in [6.07, 6.45) is 0.190. The Balaban J connectivity index is 2.69. The van der Waals surface area contributed by atoms with Crippen molar-refractivity contribution in [3.8, 4) is 6.07 Å². The molecule has 2 amide bonds. The average molecular weight is 275 g/mol. The van der Waals surface area contributed by atoms with Crippen LogP contribution in [0.1, 0.15) is 18.9 Å². The fraction of sp³-hybridized carbons (Fsp3) is 0.357. The van der Waals surface area contributed by atoms with E-state index >= 15 is 0 Å². The van der Waals surface area contributed by atoms with Crippen molar-refractivity contribution in [1.82, 2.24) is 4.90 Å². The van der Waals surface area contributed by atoms with E-state index < -0.39 is 5.97 Å². The van der Waals surface area contributed by atoms with Gasteiger partial charge in [0.25, 0.3) is 0 Å². The number of aliphatic carboxylic acids is 1. The molecule has 0 spiro atoms. The number of hydrogen-bond donors (Lipinski definition) is 2. The molecule has 0 atom stereocenters. The van der Waals surface area contributed by atoms with Gasteiger partial charge in [-0.25, -0.2) is 4.79 Å². The Kier molecular flexibility index (Phi) is 6.04. The first-order valence-corrected chi connectivity index (χ1v) is 6.30. The number of anilines is 1. The lowest BCUT2D eigenvalue weighted by molar-refractivity contribution is -0.136. The summed E-state index contributed by atoms with van der Waals surface area (Å²) in [7, 11) is 0. The summed E-state index contributed by atoms with van der Waals surface area (Å²) in [5.41, 5.74) is 1.17. The third kappa shape index (κ3) is 4.98. The highest BCUT2D eigenvalue weighted by molar-refractivity contribution is 5.89. The molecule has 1 aromatic rings. The molecule has 106 valence electrons. The van der Waals surface area contributed by atoms with E-state index in [0.717, 1.165) is 0 Å². The van der Waals surface area contributed by atoms with Crippen LogP contribution < -0.4 is 5.32 Å². The number of carboxylic acid groups (broad SMARTS) is 1. The molecule has 0 fully saturated rings. The molecule has 1 rings (SSSR count). The van der Waals surface area contributed by atoms with Crippen LogP contribution in [0.2, 0.25) is 0 Å². The van der Waals surface area contributed by atoms with Crippen LogP contribution >= 0.6 is 0 Å². The lowest BCUT2D eigenvalue weighted by Crippen LogP contribution is -2.35. The highest BCUT2D eigenvalue weighted by atomic mass is 16.4.